The summed E-state index contributed by atoms with van der Waals surface area (Å²) in [7, 11) is -2.73. The predicted octanol–water partition coefficient (Wildman–Crippen LogP) is 4.23. The van der Waals surface area contributed by atoms with Gasteiger partial charge in [0.2, 0.25) is 0 Å². The number of carbonyl (C=O) groups excluding carboxylic acids is 1. The highest BCUT2D eigenvalue weighted by atomic mass is 28.4. The Labute approximate surface area is 153 Å². The van der Waals surface area contributed by atoms with Crippen LogP contribution in [0.15, 0.2) is 24.3 Å². The number of carbonyl (C=O) groups is 1. The van der Waals surface area contributed by atoms with E-state index in [4.69, 9.17) is 18.0 Å². The molecule has 25 heavy (non-hydrogen) atoms. The minimum Gasteiger partial charge on any atom is -0.456 e. The predicted molar refractivity (Wildman–Crippen MR) is 101 cm³/mol. The van der Waals surface area contributed by atoms with Crippen molar-refractivity contribution in [1.82, 2.24) is 0 Å². The lowest BCUT2D eigenvalue weighted by Gasteiger charge is -2.28. The summed E-state index contributed by atoms with van der Waals surface area (Å²) in [6.45, 7) is 13.0. The molecule has 0 N–H and O–H groups in total. The average molecular weight is 369 g/mol. The lowest BCUT2D eigenvalue weighted by molar-refractivity contribution is 0.00678. The Morgan fingerprint density at radius 2 is 1.48 bits per heavy atom. The van der Waals surface area contributed by atoms with Crippen molar-refractivity contribution in [2.24, 2.45) is 0 Å². The molecule has 1 aromatic carbocycles. The molecule has 0 radical (unpaired) electrons. The zero-order valence-electron chi connectivity index (χ0n) is 16.4. The van der Waals surface area contributed by atoms with Crippen LogP contribution < -0.4 is 0 Å². The summed E-state index contributed by atoms with van der Waals surface area (Å²) in [5.74, 6) is -0.306. The zero-order valence-corrected chi connectivity index (χ0v) is 17.4. The molecule has 0 saturated heterocycles. The molecule has 0 aliphatic carbocycles. The highest BCUT2D eigenvalue weighted by Gasteiger charge is 2.40. The van der Waals surface area contributed by atoms with Crippen molar-refractivity contribution < 1.29 is 22.8 Å². The molecule has 5 nitrogen and oxygen atoms in total. The summed E-state index contributed by atoms with van der Waals surface area (Å²) in [5, 5.41) is 0. The first-order chi connectivity index (χ1) is 11.8. The van der Waals surface area contributed by atoms with Gasteiger partial charge in [0.15, 0.2) is 0 Å². The number of hydrogen-bond acceptors (Lipinski definition) is 5. The van der Waals surface area contributed by atoms with Gasteiger partial charge in [-0.1, -0.05) is 18.2 Å². The first-order valence-corrected chi connectivity index (χ1v) is 10.9. The van der Waals surface area contributed by atoms with Gasteiger partial charge in [0.25, 0.3) is 0 Å². The molecule has 6 heteroatoms. The van der Waals surface area contributed by atoms with Crippen molar-refractivity contribution in [2.75, 3.05) is 19.8 Å². The fourth-order valence-electron chi connectivity index (χ4n) is 2.56. The van der Waals surface area contributed by atoms with E-state index in [0.29, 0.717) is 37.8 Å². The van der Waals surface area contributed by atoms with E-state index in [1.54, 1.807) is 6.07 Å². The Hall–Kier alpha value is -1.21. The SMILES string of the molecule is CCO[Si](CCc1ccccc1C(=O)OC(C)(C)C)(OCC)OCC. The number of rotatable bonds is 10. The fourth-order valence-corrected chi connectivity index (χ4v) is 5.14. The molecule has 142 valence electrons. The maximum atomic E-state index is 12.5. The van der Waals surface area contributed by atoms with Crippen LogP contribution in [-0.2, 0) is 24.4 Å². The lowest BCUT2D eigenvalue weighted by Crippen LogP contribution is -2.46. The van der Waals surface area contributed by atoms with Crippen LogP contribution in [0.1, 0.15) is 57.5 Å². The van der Waals surface area contributed by atoms with Crippen LogP contribution >= 0.6 is 0 Å². The van der Waals surface area contributed by atoms with Gasteiger partial charge in [0, 0.05) is 25.9 Å². The third-order valence-corrected chi connectivity index (χ3v) is 6.48. The molecule has 0 heterocycles. The van der Waals surface area contributed by atoms with E-state index in [-0.39, 0.29) is 5.97 Å². The largest absolute Gasteiger partial charge is 0.501 e. The third kappa shape index (κ3) is 7.28. The topological polar surface area (TPSA) is 54.0 Å². The summed E-state index contributed by atoms with van der Waals surface area (Å²) in [6, 6.07) is 8.15. The zero-order chi connectivity index (χ0) is 18.9. The summed E-state index contributed by atoms with van der Waals surface area (Å²) >= 11 is 0. The van der Waals surface area contributed by atoms with Crippen LogP contribution in [0.3, 0.4) is 0 Å². The van der Waals surface area contributed by atoms with Gasteiger partial charge in [0.05, 0.1) is 5.56 Å². The summed E-state index contributed by atoms with van der Waals surface area (Å²) in [4.78, 5) is 12.5. The summed E-state index contributed by atoms with van der Waals surface area (Å²) < 4.78 is 23.2. The molecule has 0 amide bonds. The molecule has 0 spiro atoms. The number of esters is 1. The third-order valence-electron chi connectivity index (χ3n) is 3.43. The Bertz CT molecular complexity index is 522. The van der Waals surface area contributed by atoms with Crippen LogP contribution in [0.2, 0.25) is 6.04 Å². The van der Waals surface area contributed by atoms with E-state index in [1.807, 2.05) is 59.7 Å². The fraction of sp³-hybridized carbons (Fsp3) is 0.632. The minimum absolute atomic E-state index is 0.306. The molecule has 0 aliphatic heterocycles. The molecule has 1 aromatic rings. The van der Waals surface area contributed by atoms with Crippen molar-refractivity contribution in [2.45, 2.75) is 59.6 Å². The van der Waals surface area contributed by atoms with E-state index in [2.05, 4.69) is 0 Å². The van der Waals surface area contributed by atoms with Crippen LogP contribution in [0.5, 0.6) is 0 Å². The molecular formula is C19H32O5Si. The average Bonchev–Trinajstić information content (AvgIpc) is 2.52. The normalized spacial score (nSPS) is 12.2. The van der Waals surface area contributed by atoms with Gasteiger partial charge < -0.3 is 18.0 Å². The van der Waals surface area contributed by atoms with Crippen molar-refractivity contribution in [1.29, 1.82) is 0 Å². The molecule has 1 rings (SSSR count). The van der Waals surface area contributed by atoms with E-state index in [9.17, 15) is 4.79 Å². The molecular weight excluding hydrogens is 336 g/mol. The van der Waals surface area contributed by atoms with Crippen molar-refractivity contribution in [3.63, 3.8) is 0 Å². The molecule has 0 bridgehead atoms. The molecule has 0 aromatic heterocycles. The van der Waals surface area contributed by atoms with Crippen molar-refractivity contribution >= 4 is 14.8 Å². The van der Waals surface area contributed by atoms with E-state index < -0.39 is 14.4 Å². The van der Waals surface area contributed by atoms with E-state index in [0.717, 1.165) is 5.56 Å². The van der Waals surface area contributed by atoms with Gasteiger partial charge in [-0.15, -0.1) is 0 Å². The quantitative estimate of drug-likeness (QED) is 0.457. The second-order valence-electron chi connectivity index (χ2n) is 6.64. The number of hydrogen-bond donors (Lipinski definition) is 0. The molecule has 0 unspecified atom stereocenters. The van der Waals surface area contributed by atoms with Gasteiger partial charge >= 0.3 is 14.8 Å². The maximum Gasteiger partial charge on any atom is 0.501 e. The van der Waals surface area contributed by atoms with Crippen molar-refractivity contribution in [3.8, 4) is 0 Å². The minimum atomic E-state index is -2.73. The molecule has 0 atom stereocenters. The first-order valence-electron chi connectivity index (χ1n) is 9.00. The number of benzene rings is 1. The van der Waals surface area contributed by atoms with E-state index >= 15 is 0 Å². The second kappa shape index (κ2) is 10.1. The van der Waals surface area contributed by atoms with E-state index in [1.165, 1.54) is 0 Å². The molecule has 0 fully saturated rings. The van der Waals surface area contributed by atoms with Crippen LogP contribution in [0.4, 0.5) is 0 Å². The van der Waals surface area contributed by atoms with Crippen LogP contribution in [0, 0.1) is 0 Å². The molecule has 0 saturated carbocycles. The van der Waals surface area contributed by atoms with Gasteiger partial charge in [-0.05, 0) is 59.6 Å². The second-order valence-corrected chi connectivity index (χ2v) is 9.37. The van der Waals surface area contributed by atoms with Gasteiger partial charge in [-0.25, -0.2) is 4.79 Å². The van der Waals surface area contributed by atoms with Gasteiger partial charge in [0.1, 0.15) is 5.60 Å². The first kappa shape index (κ1) is 21.8. The van der Waals surface area contributed by atoms with Crippen molar-refractivity contribution in [3.05, 3.63) is 35.4 Å². The highest BCUT2D eigenvalue weighted by molar-refractivity contribution is 6.60. The maximum absolute atomic E-state index is 12.5. The monoisotopic (exact) mass is 368 g/mol. The number of aryl methyl sites for hydroxylation is 1. The van der Waals surface area contributed by atoms with Crippen LogP contribution in [-0.4, -0.2) is 40.2 Å². The van der Waals surface area contributed by atoms with Gasteiger partial charge in [-0.2, -0.15) is 0 Å². The Morgan fingerprint density at radius 3 is 1.96 bits per heavy atom. The highest BCUT2D eigenvalue weighted by Crippen LogP contribution is 2.22. The standard InChI is InChI=1S/C19H32O5Si/c1-7-21-25(22-8-2,23-9-3)15-14-16-12-10-11-13-17(16)18(20)24-19(4,5)6/h10-13H,7-9,14-15H2,1-6H3. The summed E-state index contributed by atoms with van der Waals surface area (Å²) in [5.41, 5.74) is 0.988. The van der Waals surface area contributed by atoms with Gasteiger partial charge in [-0.3, -0.25) is 0 Å². The summed E-state index contributed by atoms with van der Waals surface area (Å²) in [6.07, 6.45) is 0.641. The smallest absolute Gasteiger partial charge is 0.456 e. The Balaban J connectivity index is 2.96. The number of ether oxygens (including phenoxy) is 1. The Kier molecular flexibility index (Phi) is 8.79. The lowest BCUT2D eigenvalue weighted by atomic mass is 10.1. The Morgan fingerprint density at radius 1 is 0.960 bits per heavy atom. The molecule has 0 aliphatic rings. The van der Waals surface area contributed by atoms with Crippen LogP contribution in [0.25, 0.3) is 0 Å².